The number of nitrogens with one attached hydrogen (secondary N) is 1. The second kappa shape index (κ2) is 7.04. The van der Waals surface area contributed by atoms with Crippen molar-refractivity contribution >= 4 is 0 Å². The van der Waals surface area contributed by atoms with Gasteiger partial charge in [0.1, 0.15) is 12.4 Å². The molecule has 0 saturated carbocycles. The number of piperidine rings is 1. The summed E-state index contributed by atoms with van der Waals surface area (Å²) in [4.78, 5) is 0. The first-order valence-corrected chi connectivity index (χ1v) is 7.71. The van der Waals surface area contributed by atoms with Crippen LogP contribution >= 0.6 is 0 Å². The topological polar surface area (TPSA) is 21.3 Å². The molecular formula is C18H18F3NO. The average Bonchev–Trinajstić information content (AvgIpc) is 2.55. The summed E-state index contributed by atoms with van der Waals surface area (Å²) < 4.78 is 46.9. The average molecular weight is 321 g/mol. The number of benzene rings is 2. The van der Waals surface area contributed by atoms with E-state index in [1.165, 1.54) is 12.1 Å². The van der Waals surface area contributed by atoms with E-state index in [2.05, 4.69) is 5.32 Å². The molecule has 2 aromatic carbocycles. The quantitative estimate of drug-likeness (QED) is 0.913. The van der Waals surface area contributed by atoms with Crippen LogP contribution in [0.3, 0.4) is 0 Å². The maximum absolute atomic E-state index is 14.3. The van der Waals surface area contributed by atoms with E-state index in [4.69, 9.17) is 4.74 Å². The van der Waals surface area contributed by atoms with Crippen LogP contribution in [-0.2, 0) is 6.61 Å². The predicted octanol–water partition coefficient (Wildman–Crippen LogP) is 4.15. The molecule has 23 heavy (non-hydrogen) atoms. The summed E-state index contributed by atoms with van der Waals surface area (Å²) in [6.07, 6.45) is 1.67. The lowest BCUT2D eigenvalue weighted by Gasteiger charge is -2.25. The zero-order valence-corrected chi connectivity index (χ0v) is 12.6. The van der Waals surface area contributed by atoms with Gasteiger partial charge in [-0.05, 0) is 61.2 Å². The maximum atomic E-state index is 14.3. The monoisotopic (exact) mass is 321 g/mol. The molecule has 0 bridgehead atoms. The van der Waals surface area contributed by atoms with Gasteiger partial charge in [0.2, 0.25) is 0 Å². The standard InChI is InChI=1S/C18H18F3NO/c19-14-4-1-3-13(17(14)12-7-9-22-10-8-12)11-23-18-15(20)5-2-6-16(18)21/h1-6,12,22H,7-11H2. The van der Waals surface area contributed by atoms with Gasteiger partial charge in [-0.15, -0.1) is 0 Å². The smallest absolute Gasteiger partial charge is 0.191 e. The van der Waals surface area contributed by atoms with E-state index < -0.39 is 17.4 Å². The molecule has 3 rings (SSSR count). The van der Waals surface area contributed by atoms with Gasteiger partial charge >= 0.3 is 0 Å². The molecule has 0 unspecified atom stereocenters. The highest BCUT2D eigenvalue weighted by molar-refractivity contribution is 5.33. The second-order valence-corrected chi connectivity index (χ2v) is 5.68. The summed E-state index contributed by atoms with van der Waals surface area (Å²) in [5, 5.41) is 3.24. The van der Waals surface area contributed by atoms with Crippen molar-refractivity contribution < 1.29 is 17.9 Å². The largest absolute Gasteiger partial charge is 0.483 e. The van der Waals surface area contributed by atoms with Crippen LogP contribution in [0.4, 0.5) is 13.2 Å². The zero-order chi connectivity index (χ0) is 16.2. The first-order chi connectivity index (χ1) is 11.2. The fourth-order valence-electron chi connectivity index (χ4n) is 3.05. The van der Waals surface area contributed by atoms with Crippen LogP contribution in [0.25, 0.3) is 0 Å². The second-order valence-electron chi connectivity index (χ2n) is 5.68. The maximum Gasteiger partial charge on any atom is 0.191 e. The van der Waals surface area contributed by atoms with E-state index >= 15 is 0 Å². The Morgan fingerprint density at radius 2 is 1.52 bits per heavy atom. The number of ether oxygens (including phenoxy) is 1. The first kappa shape index (κ1) is 15.9. The molecule has 1 heterocycles. The molecule has 1 saturated heterocycles. The molecular weight excluding hydrogens is 303 g/mol. The summed E-state index contributed by atoms with van der Waals surface area (Å²) in [7, 11) is 0. The molecule has 5 heteroatoms. The van der Waals surface area contributed by atoms with Crippen molar-refractivity contribution in [3.8, 4) is 5.75 Å². The van der Waals surface area contributed by atoms with Crippen LogP contribution in [0.5, 0.6) is 5.75 Å². The van der Waals surface area contributed by atoms with E-state index in [0.717, 1.165) is 38.1 Å². The highest BCUT2D eigenvalue weighted by Gasteiger charge is 2.22. The Balaban J connectivity index is 1.84. The third-order valence-electron chi connectivity index (χ3n) is 4.18. The van der Waals surface area contributed by atoms with E-state index in [1.54, 1.807) is 12.1 Å². The van der Waals surface area contributed by atoms with Gasteiger partial charge in [0.25, 0.3) is 0 Å². The Morgan fingerprint density at radius 3 is 2.22 bits per heavy atom. The number of halogens is 3. The Morgan fingerprint density at radius 1 is 0.913 bits per heavy atom. The molecule has 1 N–H and O–H groups in total. The van der Waals surface area contributed by atoms with Gasteiger partial charge in [0, 0.05) is 0 Å². The van der Waals surface area contributed by atoms with Crippen molar-refractivity contribution in [3.63, 3.8) is 0 Å². The normalized spacial score (nSPS) is 15.6. The molecule has 2 nitrogen and oxygen atoms in total. The summed E-state index contributed by atoms with van der Waals surface area (Å²) in [5.41, 5.74) is 1.24. The molecule has 122 valence electrons. The molecule has 0 spiro atoms. The first-order valence-electron chi connectivity index (χ1n) is 7.71. The van der Waals surface area contributed by atoms with Gasteiger partial charge in [0.05, 0.1) is 0 Å². The minimum atomic E-state index is -0.759. The molecule has 1 fully saturated rings. The molecule has 1 aliphatic rings. The highest BCUT2D eigenvalue weighted by Crippen LogP contribution is 2.31. The molecule has 0 aliphatic carbocycles. The van der Waals surface area contributed by atoms with Crippen molar-refractivity contribution in [1.82, 2.24) is 5.32 Å². The Kier molecular flexibility index (Phi) is 4.86. The van der Waals surface area contributed by atoms with Crippen LogP contribution in [0, 0.1) is 17.5 Å². The van der Waals surface area contributed by atoms with Crippen LogP contribution in [0.1, 0.15) is 29.9 Å². The zero-order valence-electron chi connectivity index (χ0n) is 12.6. The number of hydrogen-bond donors (Lipinski definition) is 1. The third-order valence-corrected chi connectivity index (χ3v) is 4.18. The van der Waals surface area contributed by atoms with E-state index in [-0.39, 0.29) is 18.3 Å². The summed E-state index contributed by atoms with van der Waals surface area (Å²) in [5.74, 6) is -2.13. The van der Waals surface area contributed by atoms with E-state index in [0.29, 0.717) is 11.1 Å². The number of hydrogen-bond acceptors (Lipinski definition) is 2. The lowest BCUT2D eigenvalue weighted by molar-refractivity contribution is 0.271. The fraction of sp³-hybridized carbons (Fsp3) is 0.333. The van der Waals surface area contributed by atoms with Gasteiger partial charge in [-0.1, -0.05) is 18.2 Å². The SMILES string of the molecule is Fc1cccc(F)c1OCc1cccc(F)c1C1CCNCC1. The number of para-hydroxylation sites is 1. The van der Waals surface area contributed by atoms with Crippen molar-refractivity contribution in [2.75, 3.05) is 13.1 Å². The van der Waals surface area contributed by atoms with Gasteiger partial charge in [-0.25, -0.2) is 13.2 Å². The van der Waals surface area contributed by atoms with E-state index in [9.17, 15) is 13.2 Å². The van der Waals surface area contributed by atoms with Crippen molar-refractivity contribution in [3.05, 3.63) is 65.0 Å². The molecule has 0 atom stereocenters. The highest BCUT2D eigenvalue weighted by atomic mass is 19.1. The predicted molar refractivity (Wildman–Crippen MR) is 81.9 cm³/mol. The van der Waals surface area contributed by atoms with Crippen LogP contribution in [0.2, 0.25) is 0 Å². The van der Waals surface area contributed by atoms with Crippen molar-refractivity contribution in [1.29, 1.82) is 0 Å². The molecule has 2 aromatic rings. The van der Waals surface area contributed by atoms with Gasteiger partial charge in [0.15, 0.2) is 17.4 Å². The Bertz CT molecular complexity index is 664. The fourth-order valence-corrected chi connectivity index (χ4v) is 3.05. The number of rotatable bonds is 4. The minimum absolute atomic E-state index is 0.0606. The van der Waals surface area contributed by atoms with Crippen molar-refractivity contribution in [2.24, 2.45) is 0 Å². The van der Waals surface area contributed by atoms with E-state index in [1.807, 2.05) is 0 Å². The van der Waals surface area contributed by atoms with Gasteiger partial charge < -0.3 is 10.1 Å². The Labute approximate surface area is 133 Å². The summed E-state index contributed by atoms with van der Waals surface area (Å²) in [6, 6.07) is 8.32. The van der Waals surface area contributed by atoms with Crippen molar-refractivity contribution in [2.45, 2.75) is 25.4 Å². The summed E-state index contributed by atoms with van der Waals surface area (Å²) in [6.45, 7) is 1.61. The molecule has 0 amide bonds. The Hall–Kier alpha value is -2.01. The van der Waals surface area contributed by atoms with Crippen LogP contribution in [-0.4, -0.2) is 13.1 Å². The molecule has 0 radical (unpaired) electrons. The minimum Gasteiger partial charge on any atom is -0.483 e. The molecule has 0 aromatic heterocycles. The van der Waals surface area contributed by atoms with Crippen LogP contribution in [0.15, 0.2) is 36.4 Å². The summed E-state index contributed by atoms with van der Waals surface area (Å²) >= 11 is 0. The third kappa shape index (κ3) is 3.50. The molecule has 1 aliphatic heterocycles. The lowest BCUT2D eigenvalue weighted by Crippen LogP contribution is -2.27. The lowest BCUT2D eigenvalue weighted by atomic mass is 9.87. The van der Waals surface area contributed by atoms with Gasteiger partial charge in [-0.3, -0.25) is 0 Å². The van der Waals surface area contributed by atoms with Gasteiger partial charge in [-0.2, -0.15) is 0 Å². The van der Waals surface area contributed by atoms with Crippen LogP contribution < -0.4 is 10.1 Å².